The third-order valence-electron chi connectivity index (χ3n) is 3.74. The number of nitrogens with one attached hydrogen (secondary N) is 1. The summed E-state index contributed by atoms with van der Waals surface area (Å²) >= 11 is 0. The molecule has 0 saturated carbocycles. The minimum absolute atomic E-state index is 0.0288. The van der Waals surface area contributed by atoms with Gasteiger partial charge < -0.3 is 19.3 Å². The van der Waals surface area contributed by atoms with Crippen molar-refractivity contribution in [3.8, 4) is 5.75 Å². The highest BCUT2D eigenvalue weighted by Crippen LogP contribution is 2.14. The van der Waals surface area contributed by atoms with Crippen LogP contribution in [0.15, 0.2) is 29.3 Å². The van der Waals surface area contributed by atoms with Crippen LogP contribution in [-0.2, 0) is 4.74 Å². The number of carbonyl (C=O) groups is 1. The molecule has 0 bridgehead atoms. The van der Waals surface area contributed by atoms with Gasteiger partial charge in [0, 0.05) is 5.56 Å². The molecule has 2 rings (SSSR count). The molecule has 126 valence electrons. The van der Waals surface area contributed by atoms with Crippen LogP contribution in [0.25, 0.3) is 0 Å². The molecule has 0 radical (unpaired) electrons. The summed E-state index contributed by atoms with van der Waals surface area (Å²) in [6, 6.07) is 7.42. The van der Waals surface area contributed by atoms with E-state index < -0.39 is 0 Å². The van der Waals surface area contributed by atoms with E-state index in [0.717, 1.165) is 26.2 Å². The Bertz CT molecular complexity index is 564. The average molecular weight is 320 g/mol. The number of hydrogen-bond donors (Lipinski definition) is 1. The molecule has 1 aliphatic heterocycles. The van der Waals surface area contributed by atoms with Gasteiger partial charge in [-0.2, -0.15) is 4.99 Å². The molecule has 6 heteroatoms. The maximum atomic E-state index is 12.5. The number of amides is 1. The van der Waals surface area contributed by atoms with Crippen LogP contribution < -0.4 is 9.64 Å². The van der Waals surface area contributed by atoms with Crippen LogP contribution >= 0.6 is 0 Å². The normalized spacial score (nSPS) is 16.6. The van der Waals surface area contributed by atoms with Crippen molar-refractivity contribution in [3.63, 3.8) is 0 Å². The van der Waals surface area contributed by atoms with Crippen molar-refractivity contribution in [2.45, 2.75) is 20.0 Å². The zero-order valence-electron chi connectivity index (χ0n) is 14.3. The van der Waals surface area contributed by atoms with E-state index >= 15 is 0 Å². The number of ether oxygens (including phenoxy) is 2. The monoisotopic (exact) mass is 320 g/mol. The lowest BCUT2D eigenvalue weighted by atomic mass is 10.2. The van der Waals surface area contributed by atoms with Crippen molar-refractivity contribution in [2.24, 2.45) is 4.99 Å². The van der Waals surface area contributed by atoms with Gasteiger partial charge in [0.15, 0.2) is 0 Å². The number of aliphatic imine (C=N–C) groups is 1. The van der Waals surface area contributed by atoms with Crippen LogP contribution in [0.5, 0.6) is 5.75 Å². The predicted octanol–water partition coefficient (Wildman–Crippen LogP) is 0.447. The molecule has 0 aliphatic carbocycles. The van der Waals surface area contributed by atoms with Gasteiger partial charge in [-0.05, 0) is 32.0 Å². The predicted molar refractivity (Wildman–Crippen MR) is 89.2 cm³/mol. The third kappa shape index (κ3) is 4.96. The van der Waals surface area contributed by atoms with Gasteiger partial charge in [0.25, 0.3) is 11.9 Å². The molecule has 1 aromatic rings. The lowest BCUT2D eigenvalue weighted by Crippen LogP contribution is -3.12. The maximum absolute atomic E-state index is 12.5. The Hall–Kier alpha value is -2.08. The van der Waals surface area contributed by atoms with Crippen LogP contribution in [0.1, 0.15) is 24.2 Å². The molecule has 1 fully saturated rings. The van der Waals surface area contributed by atoms with E-state index in [2.05, 4.69) is 12.0 Å². The van der Waals surface area contributed by atoms with Crippen molar-refractivity contribution < 1.29 is 19.2 Å². The number of benzene rings is 1. The molecule has 1 aliphatic rings. The largest absolute Gasteiger partial charge is 0.497 e. The Morgan fingerprint density at radius 1 is 1.30 bits per heavy atom. The van der Waals surface area contributed by atoms with E-state index in [9.17, 15) is 4.79 Å². The first-order chi connectivity index (χ1) is 11.0. The van der Waals surface area contributed by atoms with Crippen molar-refractivity contribution in [2.75, 3.05) is 40.3 Å². The van der Waals surface area contributed by atoms with E-state index in [-0.39, 0.29) is 12.0 Å². The minimum atomic E-state index is -0.314. The first kappa shape index (κ1) is 17.3. The summed E-state index contributed by atoms with van der Waals surface area (Å²) in [6.07, 6.45) is -0.0288. The fourth-order valence-electron chi connectivity index (χ4n) is 2.37. The molecular formula is C17H26N3O3+. The summed E-state index contributed by atoms with van der Waals surface area (Å²) in [7, 11) is 3.74. The number of hydrogen-bond acceptors (Lipinski definition) is 3. The van der Waals surface area contributed by atoms with Gasteiger partial charge in [0.2, 0.25) is 0 Å². The number of amidine groups is 1. The molecule has 0 aromatic heterocycles. The van der Waals surface area contributed by atoms with E-state index in [1.807, 2.05) is 18.7 Å². The molecule has 1 amide bonds. The summed E-state index contributed by atoms with van der Waals surface area (Å²) in [5.41, 5.74) is 0.494. The fourth-order valence-corrected chi connectivity index (χ4v) is 2.37. The Morgan fingerprint density at radius 2 is 2.00 bits per heavy atom. The molecule has 23 heavy (non-hydrogen) atoms. The van der Waals surface area contributed by atoms with Crippen LogP contribution in [0.4, 0.5) is 0 Å². The second-order valence-corrected chi connectivity index (χ2v) is 6.04. The van der Waals surface area contributed by atoms with E-state index in [1.165, 1.54) is 4.90 Å². The quantitative estimate of drug-likeness (QED) is 0.649. The third-order valence-corrected chi connectivity index (χ3v) is 3.74. The first-order valence-electron chi connectivity index (χ1n) is 7.99. The summed E-state index contributed by atoms with van der Waals surface area (Å²) in [4.78, 5) is 20.2. The highest BCUT2D eigenvalue weighted by molar-refractivity contribution is 6.01. The Labute approximate surface area is 137 Å². The summed E-state index contributed by atoms with van der Waals surface area (Å²) in [6.45, 7) is 7.56. The van der Waals surface area contributed by atoms with Gasteiger partial charge in [-0.3, -0.25) is 4.79 Å². The van der Waals surface area contributed by atoms with Gasteiger partial charge in [-0.15, -0.1) is 0 Å². The molecule has 0 unspecified atom stereocenters. The van der Waals surface area contributed by atoms with E-state index in [4.69, 9.17) is 9.47 Å². The number of quaternary nitrogens is 1. The maximum Gasteiger partial charge on any atom is 0.296 e. The average Bonchev–Trinajstić information content (AvgIpc) is 2.54. The molecular weight excluding hydrogens is 294 g/mol. The van der Waals surface area contributed by atoms with Crippen LogP contribution in [0.2, 0.25) is 0 Å². The van der Waals surface area contributed by atoms with E-state index in [1.54, 1.807) is 31.4 Å². The molecule has 6 nitrogen and oxygen atoms in total. The van der Waals surface area contributed by atoms with Crippen molar-refractivity contribution >= 4 is 11.9 Å². The smallest absolute Gasteiger partial charge is 0.296 e. The number of rotatable bonds is 3. The van der Waals surface area contributed by atoms with E-state index in [0.29, 0.717) is 17.3 Å². The minimum Gasteiger partial charge on any atom is -0.497 e. The zero-order chi connectivity index (χ0) is 16.8. The second kappa shape index (κ2) is 7.97. The number of carbonyl (C=O) groups excluding carboxylic acids is 1. The van der Waals surface area contributed by atoms with Gasteiger partial charge in [0.1, 0.15) is 5.75 Å². The number of likely N-dealkylation sites (N-methyl/N-ethyl adjacent to an activating group) is 1. The molecule has 1 aromatic carbocycles. The molecule has 1 saturated heterocycles. The zero-order valence-corrected chi connectivity index (χ0v) is 14.3. The lowest BCUT2D eigenvalue weighted by molar-refractivity contribution is -0.883. The van der Waals surface area contributed by atoms with Gasteiger partial charge in [0.05, 0.1) is 46.4 Å². The highest BCUT2D eigenvalue weighted by Gasteiger charge is 2.23. The highest BCUT2D eigenvalue weighted by atomic mass is 16.5. The summed E-state index contributed by atoms with van der Waals surface area (Å²) in [5, 5.41) is 0. The van der Waals surface area contributed by atoms with Gasteiger partial charge >= 0.3 is 0 Å². The summed E-state index contributed by atoms with van der Waals surface area (Å²) in [5.74, 6) is 0.325. The standard InChI is InChI=1S/C17H25N3O3/c1-13(2)23-17(20-10-8-19(3)9-11-20)18-16(21)14-6-5-7-15(12-14)22-4/h5-7,12-13H,8-11H2,1-4H3/p+1. The fraction of sp³-hybridized carbons (Fsp3) is 0.529. The number of methoxy groups -OCH3 is 1. The molecule has 0 spiro atoms. The van der Waals surface area contributed by atoms with Crippen LogP contribution in [0, 0.1) is 0 Å². The number of nitrogens with zero attached hydrogens (tertiary/aromatic N) is 2. The van der Waals surface area contributed by atoms with Gasteiger partial charge in [-0.25, -0.2) is 0 Å². The first-order valence-corrected chi connectivity index (χ1v) is 7.99. The topological polar surface area (TPSA) is 55.6 Å². The van der Waals surface area contributed by atoms with Crippen LogP contribution in [-0.4, -0.2) is 63.3 Å². The Morgan fingerprint density at radius 3 is 2.61 bits per heavy atom. The Kier molecular flexibility index (Phi) is 5.98. The van der Waals surface area contributed by atoms with Crippen molar-refractivity contribution in [1.29, 1.82) is 0 Å². The second-order valence-electron chi connectivity index (χ2n) is 6.04. The Balaban J connectivity index is 2.19. The number of piperazine rings is 1. The van der Waals surface area contributed by atoms with Crippen LogP contribution in [0.3, 0.4) is 0 Å². The molecule has 0 atom stereocenters. The SMILES string of the molecule is COc1cccc(C(=O)N=C(OC(C)C)N2CC[NH+](C)CC2)c1. The lowest BCUT2D eigenvalue weighted by Gasteiger charge is -2.32. The van der Waals surface area contributed by atoms with Crippen molar-refractivity contribution in [1.82, 2.24) is 4.90 Å². The summed E-state index contributed by atoms with van der Waals surface area (Å²) < 4.78 is 10.9. The molecule has 1 N–H and O–H groups in total. The molecule has 1 heterocycles. The van der Waals surface area contributed by atoms with Crippen molar-refractivity contribution in [3.05, 3.63) is 29.8 Å². The van der Waals surface area contributed by atoms with Gasteiger partial charge in [-0.1, -0.05) is 6.07 Å².